The van der Waals surface area contributed by atoms with Crippen LogP contribution in [0, 0.1) is 0 Å². The van der Waals surface area contributed by atoms with Gasteiger partial charge in [0.2, 0.25) is 0 Å². The molecule has 2 aromatic carbocycles. The van der Waals surface area contributed by atoms with Crippen molar-refractivity contribution >= 4 is 11.9 Å². The summed E-state index contributed by atoms with van der Waals surface area (Å²) in [5, 5.41) is 0. The van der Waals surface area contributed by atoms with E-state index in [1.165, 1.54) is 16.0 Å². The third-order valence-corrected chi connectivity index (χ3v) is 6.21. The van der Waals surface area contributed by atoms with Crippen molar-refractivity contribution in [2.24, 2.45) is 0 Å². The van der Waals surface area contributed by atoms with Crippen molar-refractivity contribution in [1.82, 2.24) is 4.90 Å². The molecule has 0 radical (unpaired) electrons. The summed E-state index contributed by atoms with van der Waals surface area (Å²) in [6, 6.07) is 15.8. The predicted octanol–water partition coefficient (Wildman–Crippen LogP) is 3.77. The molecule has 1 aliphatic carbocycles. The highest BCUT2D eigenvalue weighted by molar-refractivity contribution is 5.91. The molecule has 5 rings (SSSR count). The van der Waals surface area contributed by atoms with Gasteiger partial charge in [0.15, 0.2) is 5.78 Å². The number of hydrogen-bond donors (Lipinski definition) is 0. The number of likely N-dealkylation sites (tertiary alicyclic amines) is 1. The van der Waals surface area contributed by atoms with Crippen molar-refractivity contribution < 1.29 is 23.8 Å². The summed E-state index contributed by atoms with van der Waals surface area (Å²) >= 11 is 0. The van der Waals surface area contributed by atoms with Gasteiger partial charge in [0, 0.05) is 5.92 Å². The Hall–Kier alpha value is -2.70. The quantitative estimate of drug-likeness (QED) is 0.755. The molecule has 0 unspecified atom stereocenters. The van der Waals surface area contributed by atoms with Crippen LogP contribution in [0.15, 0.2) is 48.5 Å². The fraction of sp³-hybridized carbons (Fsp3) is 0.440. The molecular weight excluding hydrogens is 394 g/mol. The van der Waals surface area contributed by atoms with E-state index in [-0.39, 0.29) is 37.6 Å². The molecule has 6 nitrogen and oxygen atoms in total. The molecule has 0 N–H and O–H groups in total. The van der Waals surface area contributed by atoms with Crippen LogP contribution >= 0.6 is 0 Å². The van der Waals surface area contributed by atoms with Gasteiger partial charge in [-0.3, -0.25) is 9.69 Å². The number of nitrogens with zero attached hydrogens (tertiary/aromatic N) is 1. The maximum absolute atomic E-state index is 13.1. The average molecular weight is 421 g/mol. The van der Waals surface area contributed by atoms with Crippen LogP contribution in [0.5, 0.6) is 0 Å². The second-order valence-corrected chi connectivity index (χ2v) is 9.41. The van der Waals surface area contributed by atoms with Gasteiger partial charge in [-0.2, -0.15) is 0 Å². The lowest BCUT2D eigenvalue weighted by Crippen LogP contribution is -2.42. The molecule has 1 amide bonds. The van der Waals surface area contributed by atoms with E-state index in [9.17, 15) is 9.59 Å². The summed E-state index contributed by atoms with van der Waals surface area (Å²) < 4.78 is 17.5. The first-order valence-electron chi connectivity index (χ1n) is 10.8. The Morgan fingerprint density at radius 1 is 1.06 bits per heavy atom. The lowest BCUT2D eigenvalue weighted by molar-refractivity contribution is -0.121. The van der Waals surface area contributed by atoms with E-state index < -0.39 is 23.8 Å². The number of fused-ring (bicyclic) bond motifs is 4. The van der Waals surface area contributed by atoms with Crippen molar-refractivity contribution in [3.8, 4) is 11.1 Å². The van der Waals surface area contributed by atoms with Crippen LogP contribution in [0.4, 0.5) is 4.79 Å². The van der Waals surface area contributed by atoms with Gasteiger partial charge in [-0.1, -0.05) is 48.5 Å². The zero-order valence-corrected chi connectivity index (χ0v) is 18.0. The molecule has 2 aromatic rings. The molecule has 3 atom stereocenters. The maximum atomic E-state index is 13.1. The van der Waals surface area contributed by atoms with Crippen LogP contribution in [-0.4, -0.2) is 60.4 Å². The van der Waals surface area contributed by atoms with E-state index in [0.717, 1.165) is 11.1 Å². The minimum absolute atomic E-state index is 0.00644. The number of hydrogen-bond acceptors (Lipinski definition) is 5. The third kappa shape index (κ3) is 3.54. The Morgan fingerprint density at radius 2 is 1.68 bits per heavy atom. The smallest absolute Gasteiger partial charge is 0.410 e. The Balaban J connectivity index is 1.33. The molecule has 0 spiro atoms. The largest absolute Gasteiger partial charge is 0.448 e. The van der Waals surface area contributed by atoms with Crippen LogP contribution in [0.3, 0.4) is 0 Å². The molecule has 31 heavy (non-hydrogen) atoms. The SMILES string of the molecule is CC(C)(C)O[C@H]1CN(C(=O)OCC2c3ccccc3-c3ccccc32)[C@@H]2C(=O)CO[C@H]12. The first-order valence-corrected chi connectivity index (χ1v) is 10.8. The first-order chi connectivity index (χ1) is 14.8. The fourth-order valence-corrected chi connectivity index (χ4v) is 5.03. The maximum Gasteiger partial charge on any atom is 0.410 e. The van der Waals surface area contributed by atoms with Gasteiger partial charge in [0.25, 0.3) is 0 Å². The van der Waals surface area contributed by atoms with Gasteiger partial charge < -0.3 is 14.2 Å². The average Bonchev–Trinajstić information content (AvgIpc) is 3.38. The number of ketones is 1. The molecule has 2 fully saturated rings. The van der Waals surface area contributed by atoms with E-state index in [0.29, 0.717) is 0 Å². The molecule has 2 saturated heterocycles. The van der Waals surface area contributed by atoms with Crippen molar-refractivity contribution in [2.75, 3.05) is 19.8 Å². The van der Waals surface area contributed by atoms with Crippen molar-refractivity contribution in [3.05, 3.63) is 59.7 Å². The third-order valence-electron chi connectivity index (χ3n) is 6.21. The number of ether oxygens (including phenoxy) is 3. The van der Waals surface area contributed by atoms with E-state index >= 15 is 0 Å². The molecule has 6 heteroatoms. The number of Topliss-reactive ketones (excluding diaryl/α,β-unsaturated/α-hetero) is 1. The Bertz CT molecular complexity index is 981. The second-order valence-electron chi connectivity index (χ2n) is 9.41. The van der Waals surface area contributed by atoms with Crippen LogP contribution in [0.1, 0.15) is 37.8 Å². The van der Waals surface area contributed by atoms with Gasteiger partial charge in [0.1, 0.15) is 31.5 Å². The number of rotatable bonds is 3. The molecule has 2 aliphatic heterocycles. The molecular formula is C25H27NO5. The molecule has 162 valence electrons. The van der Waals surface area contributed by atoms with Crippen molar-refractivity contribution in [3.63, 3.8) is 0 Å². The highest BCUT2D eigenvalue weighted by Gasteiger charge is 2.54. The van der Waals surface area contributed by atoms with Crippen LogP contribution in [0.2, 0.25) is 0 Å². The summed E-state index contributed by atoms with van der Waals surface area (Å²) in [6.45, 7) is 6.38. The number of carbonyl (C=O) groups excluding carboxylic acids is 2. The minimum atomic E-state index is -0.636. The topological polar surface area (TPSA) is 65.1 Å². The van der Waals surface area contributed by atoms with Gasteiger partial charge >= 0.3 is 6.09 Å². The zero-order valence-electron chi connectivity index (χ0n) is 18.0. The molecule has 0 aromatic heterocycles. The van der Waals surface area contributed by atoms with Gasteiger partial charge in [-0.05, 0) is 43.0 Å². The van der Waals surface area contributed by atoms with E-state index in [4.69, 9.17) is 14.2 Å². The summed E-state index contributed by atoms with van der Waals surface area (Å²) in [4.78, 5) is 27.0. The molecule has 0 saturated carbocycles. The van der Waals surface area contributed by atoms with Gasteiger partial charge in [-0.25, -0.2) is 4.79 Å². The van der Waals surface area contributed by atoms with E-state index in [1.54, 1.807) is 0 Å². The highest BCUT2D eigenvalue weighted by Crippen LogP contribution is 2.44. The van der Waals surface area contributed by atoms with Gasteiger partial charge in [-0.15, -0.1) is 0 Å². The van der Waals surface area contributed by atoms with Gasteiger partial charge in [0.05, 0.1) is 12.1 Å². The number of amides is 1. The standard InChI is InChI=1S/C25H27NO5/c1-25(2,3)31-21-12-26(22-20(27)14-29-23(21)22)24(28)30-13-19-17-10-6-4-8-15(17)16-9-5-7-11-18(16)19/h4-11,19,21-23H,12-14H2,1-3H3/t21-,22+,23+/m0/s1. The summed E-state index contributed by atoms with van der Waals surface area (Å²) in [7, 11) is 0. The van der Waals surface area contributed by atoms with E-state index in [2.05, 4.69) is 24.3 Å². The van der Waals surface area contributed by atoms with Crippen molar-refractivity contribution in [1.29, 1.82) is 0 Å². The van der Waals surface area contributed by atoms with Crippen LogP contribution in [-0.2, 0) is 19.0 Å². The summed E-state index contributed by atoms with van der Waals surface area (Å²) in [5.41, 5.74) is 4.27. The molecule has 2 heterocycles. The number of carbonyl (C=O) groups is 2. The van der Waals surface area contributed by atoms with Crippen molar-refractivity contribution in [2.45, 2.75) is 50.5 Å². The molecule has 0 bridgehead atoms. The second kappa shape index (κ2) is 7.46. The fourth-order valence-electron chi connectivity index (χ4n) is 5.03. The Kier molecular flexibility index (Phi) is 4.87. The monoisotopic (exact) mass is 421 g/mol. The Labute approximate surface area is 182 Å². The minimum Gasteiger partial charge on any atom is -0.448 e. The lowest BCUT2D eigenvalue weighted by atomic mass is 9.98. The molecule has 3 aliphatic rings. The number of benzene rings is 2. The Morgan fingerprint density at radius 3 is 2.29 bits per heavy atom. The zero-order chi connectivity index (χ0) is 21.8. The lowest BCUT2D eigenvalue weighted by Gasteiger charge is -2.27. The predicted molar refractivity (Wildman–Crippen MR) is 115 cm³/mol. The normalized spacial score (nSPS) is 24.8. The van der Waals surface area contributed by atoms with Crippen LogP contribution < -0.4 is 0 Å². The highest BCUT2D eigenvalue weighted by atomic mass is 16.6. The van der Waals surface area contributed by atoms with E-state index in [1.807, 2.05) is 45.0 Å². The van der Waals surface area contributed by atoms with Crippen LogP contribution in [0.25, 0.3) is 11.1 Å². The summed E-state index contributed by atoms with van der Waals surface area (Å²) in [6.07, 6.45) is -1.28. The first kappa shape index (κ1) is 20.2. The summed E-state index contributed by atoms with van der Waals surface area (Å²) in [5.74, 6) is -0.120.